The van der Waals surface area contributed by atoms with E-state index in [0.29, 0.717) is 46.9 Å². The summed E-state index contributed by atoms with van der Waals surface area (Å²) in [6.45, 7) is 1.14. The van der Waals surface area contributed by atoms with E-state index in [1.165, 1.54) is 36.4 Å². The zero-order chi connectivity index (χ0) is 24.0. The molecule has 0 atom stereocenters. The smallest absolute Gasteiger partial charge is 0.410 e. The summed E-state index contributed by atoms with van der Waals surface area (Å²) < 4.78 is 19.0. The van der Waals surface area contributed by atoms with Gasteiger partial charge in [-0.2, -0.15) is 0 Å². The van der Waals surface area contributed by atoms with Crippen LogP contribution in [0.25, 0.3) is 11.1 Å². The molecule has 0 bridgehead atoms. The van der Waals surface area contributed by atoms with E-state index in [2.05, 4.69) is 10.6 Å². The Labute approximate surface area is 196 Å². The molecule has 0 aliphatic rings. The van der Waals surface area contributed by atoms with Crippen LogP contribution < -0.4 is 21.1 Å². The van der Waals surface area contributed by atoms with Gasteiger partial charge in [-0.3, -0.25) is 4.79 Å². The molecule has 0 aliphatic heterocycles. The number of likely N-dealkylation sites (N-methyl/N-ethyl adjacent to an activating group) is 1. The van der Waals surface area contributed by atoms with Crippen molar-refractivity contribution in [3.63, 3.8) is 0 Å². The van der Waals surface area contributed by atoms with Crippen LogP contribution in [-0.4, -0.2) is 44.1 Å². The van der Waals surface area contributed by atoms with Crippen LogP contribution in [0.5, 0.6) is 5.75 Å². The molecule has 0 spiro atoms. The van der Waals surface area contributed by atoms with Crippen LogP contribution in [0.4, 0.5) is 20.6 Å². The Morgan fingerprint density at radius 1 is 1.03 bits per heavy atom. The lowest BCUT2D eigenvalue weighted by molar-refractivity contribution is 0.102. The standard InChI is InChI=1S/C24H24ClFN4O3/c1-30(2)12-11-28-24(32)33-18-7-3-15(4-8-18)23(31)29-22-14-17(6-10-21(22)27)16-5-9-19(25)20(26)13-16/h3-10,13-14H,11-12,27H2,1-2H3,(H,28,32)(H,29,31). The fourth-order valence-corrected chi connectivity index (χ4v) is 3.03. The van der Waals surface area contributed by atoms with Gasteiger partial charge >= 0.3 is 6.09 Å². The van der Waals surface area contributed by atoms with Crippen molar-refractivity contribution < 1.29 is 18.7 Å². The van der Waals surface area contributed by atoms with E-state index in [0.717, 1.165) is 0 Å². The maximum absolute atomic E-state index is 13.8. The summed E-state index contributed by atoms with van der Waals surface area (Å²) in [7, 11) is 3.80. The van der Waals surface area contributed by atoms with Gasteiger partial charge in [0.05, 0.1) is 16.4 Å². The second kappa shape index (κ2) is 10.8. The van der Waals surface area contributed by atoms with Gasteiger partial charge in [0, 0.05) is 18.7 Å². The molecule has 9 heteroatoms. The third-order valence-electron chi connectivity index (χ3n) is 4.71. The van der Waals surface area contributed by atoms with Crippen molar-refractivity contribution in [3.8, 4) is 16.9 Å². The molecule has 4 N–H and O–H groups in total. The largest absolute Gasteiger partial charge is 0.412 e. The minimum atomic E-state index is -0.572. The van der Waals surface area contributed by atoms with Crippen molar-refractivity contribution in [2.75, 3.05) is 38.2 Å². The van der Waals surface area contributed by atoms with E-state index in [9.17, 15) is 14.0 Å². The lowest BCUT2D eigenvalue weighted by atomic mass is 10.0. The zero-order valence-corrected chi connectivity index (χ0v) is 18.9. The Bertz CT molecular complexity index is 1150. The molecule has 3 aromatic rings. The molecule has 0 radical (unpaired) electrons. The number of ether oxygens (including phenoxy) is 1. The van der Waals surface area contributed by atoms with Crippen molar-refractivity contribution >= 4 is 35.0 Å². The van der Waals surface area contributed by atoms with Gasteiger partial charge in [-0.15, -0.1) is 0 Å². The summed E-state index contributed by atoms with van der Waals surface area (Å²) in [5.41, 5.74) is 8.35. The number of carbonyl (C=O) groups is 2. The lowest BCUT2D eigenvalue weighted by Gasteiger charge is -2.12. The number of halogens is 2. The maximum atomic E-state index is 13.8. The first-order valence-corrected chi connectivity index (χ1v) is 10.5. The molecule has 33 heavy (non-hydrogen) atoms. The maximum Gasteiger partial charge on any atom is 0.412 e. The van der Waals surface area contributed by atoms with Gasteiger partial charge < -0.3 is 26.0 Å². The Balaban J connectivity index is 1.66. The minimum Gasteiger partial charge on any atom is -0.410 e. The third kappa shape index (κ3) is 6.68. The monoisotopic (exact) mass is 470 g/mol. The second-order valence-electron chi connectivity index (χ2n) is 7.53. The first-order chi connectivity index (χ1) is 15.7. The second-order valence-corrected chi connectivity index (χ2v) is 7.94. The summed E-state index contributed by atoms with van der Waals surface area (Å²) in [6.07, 6.45) is -0.572. The molecule has 172 valence electrons. The van der Waals surface area contributed by atoms with Gasteiger partial charge in [0.2, 0.25) is 0 Å². The number of nitrogens with zero attached hydrogens (tertiary/aromatic N) is 1. The summed E-state index contributed by atoms with van der Waals surface area (Å²) in [5, 5.41) is 5.42. The molecule has 7 nitrogen and oxygen atoms in total. The Kier molecular flexibility index (Phi) is 7.87. The average molecular weight is 471 g/mol. The summed E-state index contributed by atoms with van der Waals surface area (Å²) in [6, 6.07) is 15.6. The number of anilines is 2. The number of carbonyl (C=O) groups excluding carboxylic acids is 2. The number of hydrogen-bond donors (Lipinski definition) is 3. The number of hydrogen-bond acceptors (Lipinski definition) is 5. The van der Waals surface area contributed by atoms with Crippen LogP contribution in [0.2, 0.25) is 5.02 Å². The van der Waals surface area contributed by atoms with Crippen molar-refractivity contribution in [1.82, 2.24) is 10.2 Å². The van der Waals surface area contributed by atoms with Gasteiger partial charge in [-0.05, 0) is 73.8 Å². The SMILES string of the molecule is CN(C)CCNC(=O)Oc1ccc(C(=O)Nc2cc(-c3ccc(Cl)c(F)c3)ccc2N)cc1. The first-order valence-electron chi connectivity index (χ1n) is 10.1. The molecule has 3 aromatic carbocycles. The highest BCUT2D eigenvalue weighted by Gasteiger charge is 2.12. The van der Waals surface area contributed by atoms with E-state index in [1.807, 2.05) is 19.0 Å². The highest BCUT2D eigenvalue weighted by molar-refractivity contribution is 6.30. The molecule has 0 saturated carbocycles. The highest BCUT2D eigenvalue weighted by Crippen LogP contribution is 2.29. The number of rotatable bonds is 7. The molecule has 0 saturated heterocycles. The predicted molar refractivity (Wildman–Crippen MR) is 128 cm³/mol. The number of benzene rings is 3. The topological polar surface area (TPSA) is 96.7 Å². The van der Waals surface area contributed by atoms with Crippen LogP contribution in [0.3, 0.4) is 0 Å². The van der Waals surface area contributed by atoms with Gasteiger partial charge in [0.1, 0.15) is 11.6 Å². The molecule has 0 fully saturated rings. The molecule has 0 aromatic heterocycles. The number of nitrogens with two attached hydrogens (primary N) is 1. The Morgan fingerprint density at radius 3 is 2.36 bits per heavy atom. The fraction of sp³-hybridized carbons (Fsp3) is 0.167. The zero-order valence-electron chi connectivity index (χ0n) is 18.2. The molecule has 0 heterocycles. The van der Waals surface area contributed by atoms with Crippen LogP contribution in [-0.2, 0) is 0 Å². The molecule has 0 aliphatic carbocycles. The van der Waals surface area contributed by atoms with Crippen molar-refractivity contribution in [1.29, 1.82) is 0 Å². The van der Waals surface area contributed by atoms with E-state index >= 15 is 0 Å². The van der Waals surface area contributed by atoms with E-state index in [-0.39, 0.29) is 5.02 Å². The van der Waals surface area contributed by atoms with E-state index < -0.39 is 17.8 Å². The van der Waals surface area contributed by atoms with Crippen LogP contribution in [0.1, 0.15) is 10.4 Å². The van der Waals surface area contributed by atoms with Crippen molar-refractivity contribution in [2.45, 2.75) is 0 Å². The summed E-state index contributed by atoms with van der Waals surface area (Å²) in [4.78, 5) is 26.4. The molecular weight excluding hydrogens is 447 g/mol. The third-order valence-corrected chi connectivity index (χ3v) is 5.02. The van der Waals surface area contributed by atoms with Crippen LogP contribution >= 0.6 is 11.6 Å². The average Bonchev–Trinajstić information content (AvgIpc) is 2.77. The van der Waals surface area contributed by atoms with Gasteiger partial charge in [0.15, 0.2) is 0 Å². The number of nitrogen functional groups attached to an aromatic ring is 1. The van der Waals surface area contributed by atoms with Crippen molar-refractivity contribution in [3.05, 3.63) is 77.1 Å². The molecular formula is C24H24ClFN4O3. The number of amides is 2. The summed E-state index contributed by atoms with van der Waals surface area (Å²) >= 11 is 5.75. The Hall–Kier alpha value is -3.62. The van der Waals surface area contributed by atoms with Gasteiger partial charge in [0.25, 0.3) is 5.91 Å². The molecule has 0 unspecified atom stereocenters. The minimum absolute atomic E-state index is 0.0289. The molecule has 3 rings (SSSR count). The Morgan fingerprint density at radius 2 is 1.70 bits per heavy atom. The van der Waals surface area contributed by atoms with Gasteiger partial charge in [-0.25, -0.2) is 9.18 Å². The first kappa shape index (κ1) is 24.0. The lowest BCUT2D eigenvalue weighted by Crippen LogP contribution is -2.33. The fourth-order valence-electron chi connectivity index (χ4n) is 2.91. The van der Waals surface area contributed by atoms with Gasteiger partial charge in [-0.1, -0.05) is 23.7 Å². The van der Waals surface area contributed by atoms with E-state index in [1.54, 1.807) is 24.3 Å². The van der Waals surface area contributed by atoms with Crippen LogP contribution in [0, 0.1) is 5.82 Å². The quantitative estimate of drug-likeness (QED) is 0.437. The summed E-state index contributed by atoms with van der Waals surface area (Å²) in [5.74, 6) is -0.631. The predicted octanol–water partition coefficient (Wildman–Crippen LogP) is 4.63. The highest BCUT2D eigenvalue weighted by atomic mass is 35.5. The molecule has 2 amide bonds. The van der Waals surface area contributed by atoms with Crippen LogP contribution in [0.15, 0.2) is 60.7 Å². The number of nitrogens with one attached hydrogen (secondary N) is 2. The van der Waals surface area contributed by atoms with Crippen molar-refractivity contribution in [2.24, 2.45) is 0 Å². The normalized spacial score (nSPS) is 10.7. The van der Waals surface area contributed by atoms with E-state index in [4.69, 9.17) is 22.1 Å².